The van der Waals surface area contributed by atoms with E-state index >= 15 is 0 Å². The number of carboxylic acid groups (broad SMARTS) is 1. The number of hydrogen-bond acceptors (Lipinski definition) is 4. The Labute approximate surface area is 202 Å². The van der Waals surface area contributed by atoms with Crippen LogP contribution in [0, 0.1) is 12.3 Å². The third kappa shape index (κ3) is 4.19. The largest absolute Gasteiger partial charge is 0.496 e. The van der Waals surface area contributed by atoms with Crippen LogP contribution >= 0.6 is 0 Å². The van der Waals surface area contributed by atoms with Crippen molar-refractivity contribution in [2.75, 3.05) is 13.7 Å². The Morgan fingerprint density at radius 3 is 2.69 bits per heavy atom. The van der Waals surface area contributed by atoms with Gasteiger partial charge in [0.25, 0.3) is 0 Å². The van der Waals surface area contributed by atoms with E-state index in [1.807, 2.05) is 25.3 Å². The SMILES string of the molecule is COc1cc(C)c2[nH]ccc2c1CN1CCC2(C[C@H]1c1ccc(C(=O)O)c(CO)c1)CC(F)(F)C2. The number of likely N-dealkylation sites (tertiary alicyclic amines) is 1. The number of aromatic carboxylic acids is 1. The van der Waals surface area contributed by atoms with Gasteiger partial charge < -0.3 is 19.9 Å². The van der Waals surface area contributed by atoms with Gasteiger partial charge in [-0.25, -0.2) is 13.6 Å². The number of aromatic nitrogens is 1. The van der Waals surface area contributed by atoms with Crippen LogP contribution in [0.1, 0.15) is 64.3 Å². The quantitative estimate of drug-likeness (QED) is 0.435. The van der Waals surface area contributed by atoms with Crippen LogP contribution in [-0.2, 0) is 13.2 Å². The van der Waals surface area contributed by atoms with Crippen molar-refractivity contribution in [1.82, 2.24) is 9.88 Å². The number of rotatable bonds is 6. The average molecular weight is 485 g/mol. The van der Waals surface area contributed by atoms with E-state index in [9.17, 15) is 23.8 Å². The second-order valence-corrected chi connectivity index (χ2v) is 10.2. The number of aromatic amines is 1. The number of hydrogen-bond donors (Lipinski definition) is 3. The Hall–Kier alpha value is -2.97. The molecular weight excluding hydrogens is 454 g/mol. The lowest BCUT2D eigenvalue weighted by Gasteiger charge is -2.54. The highest BCUT2D eigenvalue weighted by atomic mass is 19.3. The summed E-state index contributed by atoms with van der Waals surface area (Å²) in [4.78, 5) is 17.1. The molecule has 5 rings (SSSR count). The Morgan fingerprint density at radius 1 is 1.26 bits per heavy atom. The molecule has 35 heavy (non-hydrogen) atoms. The summed E-state index contributed by atoms with van der Waals surface area (Å²) in [6.45, 7) is 2.82. The van der Waals surface area contributed by atoms with E-state index < -0.39 is 23.9 Å². The van der Waals surface area contributed by atoms with Crippen LogP contribution in [0.15, 0.2) is 36.5 Å². The van der Waals surface area contributed by atoms with Crippen molar-refractivity contribution in [3.8, 4) is 5.75 Å². The van der Waals surface area contributed by atoms with Gasteiger partial charge in [0.15, 0.2) is 0 Å². The first kappa shape index (κ1) is 23.8. The molecule has 0 amide bonds. The van der Waals surface area contributed by atoms with Crippen LogP contribution < -0.4 is 4.74 Å². The van der Waals surface area contributed by atoms with Gasteiger partial charge in [-0.15, -0.1) is 0 Å². The van der Waals surface area contributed by atoms with E-state index in [4.69, 9.17) is 4.74 Å². The highest BCUT2D eigenvalue weighted by Crippen LogP contribution is 2.60. The van der Waals surface area contributed by atoms with Gasteiger partial charge in [0.1, 0.15) is 5.75 Å². The van der Waals surface area contributed by atoms with Gasteiger partial charge in [0.05, 0.1) is 19.3 Å². The molecule has 2 aliphatic rings. The Bertz CT molecular complexity index is 1280. The number of H-pyrrole nitrogens is 1. The molecule has 186 valence electrons. The lowest BCUT2D eigenvalue weighted by Crippen LogP contribution is -2.53. The summed E-state index contributed by atoms with van der Waals surface area (Å²) in [7, 11) is 1.65. The van der Waals surface area contributed by atoms with E-state index in [0.29, 0.717) is 31.5 Å². The Kier molecular flexibility index (Phi) is 5.84. The standard InChI is InChI=1S/C27H30F2N2O4/c1-16-9-23(35-2)21(20-5-7-30-24(16)20)12-31-8-6-26(14-27(28,29)15-26)11-22(31)17-3-4-19(25(33)34)18(10-17)13-32/h3-5,7,9-10,22,30,32H,6,8,11-15H2,1-2H3,(H,33,34)/t22-/m0/s1. The van der Waals surface area contributed by atoms with Gasteiger partial charge in [0.2, 0.25) is 5.92 Å². The zero-order valence-corrected chi connectivity index (χ0v) is 19.9. The number of nitrogens with one attached hydrogen (secondary N) is 1. The van der Waals surface area contributed by atoms with E-state index in [0.717, 1.165) is 33.3 Å². The summed E-state index contributed by atoms with van der Waals surface area (Å²) in [5, 5.41) is 20.3. The van der Waals surface area contributed by atoms with Gasteiger partial charge in [0, 0.05) is 48.1 Å². The van der Waals surface area contributed by atoms with Gasteiger partial charge in [-0.1, -0.05) is 12.1 Å². The minimum atomic E-state index is -2.62. The van der Waals surface area contributed by atoms with Gasteiger partial charge >= 0.3 is 5.97 Å². The number of piperidine rings is 1. The fraction of sp³-hybridized carbons (Fsp3) is 0.444. The van der Waals surface area contributed by atoms with E-state index in [1.54, 1.807) is 19.2 Å². The monoisotopic (exact) mass is 484 g/mol. The molecule has 1 aromatic heterocycles. The van der Waals surface area contributed by atoms with Crippen molar-refractivity contribution in [2.45, 2.75) is 57.7 Å². The molecule has 2 fully saturated rings. The van der Waals surface area contributed by atoms with Gasteiger partial charge in [-0.2, -0.15) is 0 Å². The molecule has 8 heteroatoms. The Morgan fingerprint density at radius 2 is 2.03 bits per heavy atom. The molecule has 3 N–H and O–H groups in total. The lowest BCUT2D eigenvalue weighted by molar-refractivity contribution is -0.186. The summed E-state index contributed by atoms with van der Waals surface area (Å²) in [6, 6.07) is 8.83. The molecule has 0 radical (unpaired) electrons. The maximum atomic E-state index is 13.9. The molecule has 1 atom stereocenters. The molecule has 2 heterocycles. The van der Waals surface area contributed by atoms with Crippen LogP contribution in [0.3, 0.4) is 0 Å². The highest BCUT2D eigenvalue weighted by Gasteiger charge is 2.58. The normalized spacial score (nSPS) is 21.2. The molecule has 1 aliphatic carbocycles. The average Bonchev–Trinajstić information content (AvgIpc) is 3.30. The van der Waals surface area contributed by atoms with Crippen LogP contribution in [0.2, 0.25) is 0 Å². The van der Waals surface area contributed by atoms with Gasteiger partial charge in [-0.3, -0.25) is 4.90 Å². The van der Waals surface area contributed by atoms with Crippen LogP contribution in [0.5, 0.6) is 5.75 Å². The first-order valence-electron chi connectivity index (χ1n) is 11.9. The van der Waals surface area contributed by atoms with E-state index in [1.165, 1.54) is 6.07 Å². The molecule has 0 unspecified atom stereocenters. The second-order valence-electron chi connectivity index (χ2n) is 10.2. The van der Waals surface area contributed by atoms with Crippen LogP contribution in [-0.4, -0.2) is 45.6 Å². The number of ether oxygens (including phenoxy) is 1. The molecular formula is C27H30F2N2O4. The molecule has 1 saturated carbocycles. The number of fused-ring (bicyclic) bond motifs is 1. The number of nitrogens with zero attached hydrogens (tertiary/aromatic N) is 1. The molecule has 0 bridgehead atoms. The van der Waals surface area contributed by atoms with Crippen LogP contribution in [0.25, 0.3) is 10.9 Å². The topological polar surface area (TPSA) is 85.8 Å². The Balaban J connectivity index is 1.54. The maximum Gasteiger partial charge on any atom is 0.336 e. The third-order valence-corrected chi connectivity index (χ3v) is 7.87. The third-order valence-electron chi connectivity index (χ3n) is 7.87. The van der Waals surface area contributed by atoms with Crippen molar-refractivity contribution < 1.29 is 28.5 Å². The minimum Gasteiger partial charge on any atom is -0.496 e. The fourth-order valence-electron chi connectivity index (χ4n) is 6.21. The van der Waals surface area contributed by atoms with Crippen LogP contribution in [0.4, 0.5) is 8.78 Å². The van der Waals surface area contributed by atoms with E-state index in [-0.39, 0.29) is 24.4 Å². The predicted molar refractivity (Wildman–Crippen MR) is 128 cm³/mol. The number of aliphatic hydroxyl groups is 1. The molecule has 3 aromatic rings. The number of benzene rings is 2. The van der Waals surface area contributed by atoms with Crippen molar-refractivity contribution in [1.29, 1.82) is 0 Å². The smallest absolute Gasteiger partial charge is 0.336 e. The van der Waals surface area contributed by atoms with Crippen molar-refractivity contribution >= 4 is 16.9 Å². The lowest BCUT2D eigenvalue weighted by atomic mass is 9.59. The van der Waals surface area contributed by atoms with Crippen molar-refractivity contribution in [2.24, 2.45) is 5.41 Å². The summed E-state index contributed by atoms with van der Waals surface area (Å²) in [6.07, 6.45) is 2.92. The van der Waals surface area contributed by atoms with Crippen molar-refractivity contribution in [3.63, 3.8) is 0 Å². The summed E-state index contributed by atoms with van der Waals surface area (Å²) < 4.78 is 33.6. The number of alkyl halides is 2. The molecule has 6 nitrogen and oxygen atoms in total. The maximum absolute atomic E-state index is 13.9. The van der Waals surface area contributed by atoms with Gasteiger partial charge in [-0.05, 0) is 66.6 Å². The predicted octanol–water partition coefficient (Wildman–Crippen LogP) is 5.43. The number of aliphatic hydroxyl groups excluding tert-OH is 1. The molecule has 1 aliphatic heterocycles. The second kappa shape index (κ2) is 8.60. The zero-order chi connectivity index (χ0) is 25.0. The zero-order valence-electron chi connectivity index (χ0n) is 19.9. The summed E-state index contributed by atoms with van der Waals surface area (Å²) in [5.74, 6) is -2.94. The number of methoxy groups -OCH3 is 1. The number of carbonyl (C=O) groups is 1. The molecule has 1 spiro atoms. The highest BCUT2D eigenvalue weighted by molar-refractivity contribution is 5.89. The number of carboxylic acids is 1. The summed E-state index contributed by atoms with van der Waals surface area (Å²) >= 11 is 0. The number of aryl methyl sites for hydroxylation is 1. The first-order valence-corrected chi connectivity index (χ1v) is 11.9. The first-order chi connectivity index (χ1) is 16.6. The fourth-order valence-corrected chi connectivity index (χ4v) is 6.21. The van der Waals surface area contributed by atoms with Crippen molar-refractivity contribution in [3.05, 3.63) is 64.3 Å². The summed E-state index contributed by atoms with van der Waals surface area (Å²) in [5.41, 5.74) is 3.94. The number of halogens is 2. The molecule has 1 saturated heterocycles. The minimum absolute atomic E-state index is 0.0535. The molecule has 2 aromatic carbocycles. The van der Waals surface area contributed by atoms with E-state index in [2.05, 4.69) is 9.88 Å².